The highest BCUT2D eigenvalue weighted by atomic mass is 16.5. The zero-order valence-corrected chi connectivity index (χ0v) is 11.1. The molecule has 3 nitrogen and oxygen atoms in total. The Morgan fingerprint density at radius 1 is 1.12 bits per heavy atom. The van der Waals surface area contributed by atoms with Gasteiger partial charge in [-0.2, -0.15) is 0 Å². The third-order valence-electron chi connectivity index (χ3n) is 2.44. The molecule has 0 atom stereocenters. The average Bonchev–Trinajstić information content (AvgIpc) is 2.17. The van der Waals surface area contributed by atoms with Gasteiger partial charge in [-0.3, -0.25) is 4.79 Å². The molecular formula is C13H28O3. The van der Waals surface area contributed by atoms with E-state index in [1.54, 1.807) is 0 Å². The van der Waals surface area contributed by atoms with Crippen LogP contribution in [0.1, 0.15) is 65.7 Å². The van der Waals surface area contributed by atoms with Gasteiger partial charge in [-0.1, -0.05) is 46.5 Å². The largest absolute Gasteiger partial charge is 0.466 e. The summed E-state index contributed by atoms with van der Waals surface area (Å²) in [5, 5.41) is 0. The molecule has 0 aliphatic carbocycles. The minimum Gasteiger partial charge on any atom is -0.466 e. The SMILES string of the molecule is CCCCCCCC(=O)OCCC(C)C.O. The van der Waals surface area contributed by atoms with E-state index in [1.807, 2.05) is 0 Å². The van der Waals surface area contributed by atoms with Gasteiger partial charge in [0.05, 0.1) is 6.61 Å². The maximum Gasteiger partial charge on any atom is 0.305 e. The Morgan fingerprint density at radius 3 is 2.31 bits per heavy atom. The van der Waals surface area contributed by atoms with E-state index in [4.69, 9.17) is 4.74 Å². The Balaban J connectivity index is 0. The molecule has 0 aliphatic rings. The number of hydrogen-bond acceptors (Lipinski definition) is 2. The number of esters is 1. The smallest absolute Gasteiger partial charge is 0.305 e. The highest BCUT2D eigenvalue weighted by Gasteiger charge is 2.02. The van der Waals surface area contributed by atoms with E-state index < -0.39 is 0 Å². The van der Waals surface area contributed by atoms with Gasteiger partial charge in [0.2, 0.25) is 0 Å². The zero-order valence-electron chi connectivity index (χ0n) is 11.1. The lowest BCUT2D eigenvalue weighted by atomic mass is 10.1. The molecular weight excluding hydrogens is 204 g/mol. The van der Waals surface area contributed by atoms with E-state index in [1.165, 1.54) is 19.3 Å². The molecule has 0 aromatic carbocycles. The van der Waals surface area contributed by atoms with Gasteiger partial charge in [0.1, 0.15) is 0 Å². The fraction of sp³-hybridized carbons (Fsp3) is 0.923. The predicted octanol–water partition coefficient (Wildman–Crippen LogP) is 3.11. The highest BCUT2D eigenvalue weighted by molar-refractivity contribution is 5.69. The summed E-state index contributed by atoms with van der Waals surface area (Å²) in [5.41, 5.74) is 0. The van der Waals surface area contributed by atoms with Gasteiger partial charge in [0.15, 0.2) is 0 Å². The van der Waals surface area contributed by atoms with Gasteiger partial charge in [-0.25, -0.2) is 0 Å². The third kappa shape index (κ3) is 13.4. The highest BCUT2D eigenvalue weighted by Crippen LogP contribution is 2.06. The third-order valence-corrected chi connectivity index (χ3v) is 2.44. The predicted molar refractivity (Wildman–Crippen MR) is 67.4 cm³/mol. The van der Waals surface area contributed by atoms with Crippen molar-refractivity contribution in [3.05, 3.63) is 0 Å². The minimum absolute atomic E-state index is 0. The summed E-state index contributed by atoms with van der Waals surface area (Å²) in [7, 11) is 0. The molecule has 0 bridgehead atoms. The summed E-state index contributed by atoms with van der Waals surface area (Å²) in [5.74, 6) is 0.592. The first kappa shape index (κ1) is 17.8. The summed E-state index contributed by atoms with van der Waals surface area (Å²) in [6, 6.07) is 0. The average molecular weight is 232 g/mol. The molecule has 0 unspecified atom stereocenters. The lowest BCUT2D eigenvalue weighted by molar-refractivity contribution is -0.144. The Labute approximate surface area is 99.9 Å². The molecule has 0 spiro atoms. The van der Waals surface area contributed by atoms with Crippen LogP contribution in [0.25, 0.3) is 0 Å². The molecule has 3 heteroatoms. The topological polar surface area (TPSA) is 57.8 Å². The van der Waals surface area contributed by atoms with E-state index in [0.717, 1.165) is 19.3 Å². The number of ether oxygens (including phenoxy) is 1. The van der Waals surface area contributed by atoms with Crippen LogP contribution in [0.5, 0.6) is 0 Å². The molecule has 98 valence electrons. The van der Waals surface area contributed by atoms with Gasteiger partial charge in [0, 0.05) is 6.42 Å². The van der Waals surface area contributed by atoms with Gasteiger partial charge in [-0.05, 0) is 18.8 Å². The second-order valence-corrected chi connectivity index (χ2v) is 4.57. The summed E-state index contributed by atoms with van der Waals surface area (Å²) in [4.78, 5) is 11.2. The van der Waals surface area contributed by atoms with Gasteiger partial charge in [0.25, 0.3) is 0 Å². The lowest BCUT2D eigenvalue weighted by Crippen LogP contribution is -2.07. The van der Waals surface area contributed by atoms with E-state index in [9.17, 15) is 4.79 Å². The molecule has 0 aliphatic heterocycles. The van der Waals surface area contributed by atoms with Crippen molar-refractivity contribution in [3.63, 3.8) is 0 Å². The van der Waals surface area contributed by atoms with Gasteiger partial charge in [-0.15, -0.1) is 0 Å². The van der Waals surface area contributed by atoms with Crippen LogP contribution in [0.2, 0.25) is 0 Å². The van der Waals surface area contributed by atoms with Crippen molar-refractivity contribution in [1.29, 1.82) is 0 Å². The van der Waals surface area contributed by atoms with E-state index in [2.05, 4.69) is 20.8 Å². The molecule has 0 amide bonds. The van der Waals surface area contributed by atoms with Crippen LogP contribution in [0.4, 0.5) is 0 Å². The van der Waals surface area contributed by atoms with Crippen molar-refractivity contribution < 1.29 is 15.0 Å². The zero-order chi connectivity index (χ0) is 11.5. The van der Waals surface area contributed by atoms with Crippen molar-refractivity contribution in [2.75, 3.05) is 6.61 Å². The summed E-state index contributed by atoms with van der Waals surface area (Å²) in [6.45, 7) is 7.06. The van der Waals surface area contributed by atoms with E-state index >= 15 is 0 Å². The number of rotatable bonds is 9. The maximum atomic E-state index is 11.2. The normalized spacial score (nSPS) is 10.0. The van der Waals surface area contributed by atoms with E-state index in [0.29, 0.717) is 18.9 Å². The molecule has 0 radical (unpaired) electrons. The van der Waals surface area contributed by atoms with Crippen molar-refractivity contribution in [2.45, 2.75) is 65.7 Å². The number of hydrogen-bond donors (Lipinski definition) is 0. The Bertz CT molecular complexity index is 155. The molecule has 0 aromatic rings. The van der Waals surface area contributed by atoms with Crippen LogP contribution < -0.4 is 0 Å². The van der Waals surface area contributed by atoms with Crippen LogP contribution >= 0.6 is 0 Å². The molecule has 0 saturated carbocycles. The molecule has 0 rings (SSSR count). The van der Waals surface area contributed by atoms with Crippen molar-refractivity contribution in [2.24, 2.45) is 5.92 Å². The molecule has 0 saturated heterocycles. The molecule has 2 N–H and O–H groups in total. The van der Waals surface area contributed by atoms with Crippen LogP contribution in [0.15, 0.2) is 0 Å². The fourth-order valence-corrected chi connectivity index (χ4v) is 1.35. The Morgan fingerprint density at radius 2 is 1.75 bits per heavy atom. The van der Waals surface area contributed by atoms with Crippen LogP contribution in [-0.2, 0) is 9.53 Å². The molecule has 0 heterocycles. The van der Waals surface area contributed by atoms with Crippen LogP contribution in [0.3, 0.4) is 0 Å². The second kappa shape index (κ2) is 12.5. The summed E-state index contributed by atoms with van der Waals surface area (Å²) in [6.07, 6.45) is 7.49. The second-order valence-electron chi connectivity index (χ2n) is 4.57. The van der Waals surface area contributed by atoms with Crippen molar-refractivity contribution in [1.82, 2.24) is 0 Å². The number of unbranched alkanes of at least 4 members (excludes halogenated alkanes) is 4. The maximum absolute atomic E-state index is 11.2. The van der Waals surface area contributed by atoms with E-state index in [-0.39, 0.29) is 11.4 Å². The molecule has 0 aromatic heterocycles. The summed E-state index contributed by atoms with van der Waals surface area (Å²) < 4.78 is 5.12. The monoisotopic (exact) mass is 232 g/mol. The van der Waals surface area contributed by atoms with Crippen LogP contribution in [0, 0.1) is 5.92 Å². The first-order valence-electron chi connectivity index (χ1n) is 6.32. The lowest BCUT2D eigenvalue weighted by Gasteiger charge is -2.06. The van der Waals surface area contributed by atoms with Crippen LogP contribution in [-0.4, -0.2) is 18.1 Å². The quantitative estimate of drug-likeness (QED) is 0.453. The molecule has 16 heavy (non-hydrogen) atoms. The Kier molecular flexibility index (Phi) is 13.9. The standard InChI is InChI=1S/C13H26O2.H2O/c1-4-5-6-7-8-9-13(14)15-11-10-12(2)3;/h12H,4-11H2,1-3H3;1H2. The number of carbonyl (C=O) groups is 1. The Hall–Kier alpha value is -0.570. The minimum atomic E-state index is -0.0212. The first-order chi connectivity index (χ1) is 7.16. The first-order valence-corrected chi connectivity index (χ1v) is 6.32. The molecule has 0 fully saturated rings. The summed E-state index contributed by atoms with van der Waals surface area (Å²) >= 11 is 0. The number of carbonyl (C=O) groups excluding carboxylic acids is 1. The van der Waals surface area contributed by atoms with Crippen molar-refractivity contribution >= 4 is 5.97 Å². The van der Waals surface area contributed by atoms with Gasteiger partial charge >= 0.3 is 5.97 Å². The fourth-order valence-electron chi connectivity index (χ4n) is 1.35. The van der Waals surface area contributed by atoms with Crippen molar-refractivity contribution in [3.8, 4) is 0 Å². The van der Waals surface area contributed by atoms with Gasteiger partial charge < -0.3 is 10.2 Å².